The Morgan fingerprint density at radius 2 is 2.33 bits per heavy atom. The molecule has 2 aliphatic rings. The lowest BCUT2D eigenvalue weighted by Gasteiger charge is -2.27. The fraction of sp³-hybridized carbons (Fsp3) is 1.00. The van der Waals surface area contributed by atoms with Gasteiger partial charge in [0.05, 0.1) is 12.2 Å². The molecule has 0 aromatic heterocycles. The Labute approximate surface area is 73.4 Å². The minimum atomic E-state index is 0.478. The molecular formula is C9H17NO2. The van der Waals surface area contributed by atoms with Crippen molar-refractivity contribution in [1.82, 2.24) is 5.32 Å². The van der Waals surface area contributed by atoms with Crippen LogP contribution in [0.25, 0.3) is 0 Å². The maximum absolute atomic E-state index is 5.60. The SMILES string of the molecule is C1COC(CCOC2CNC2)C1. The second-order valence-electron chi connectivity index (χ2n) is 3.57. The summed E-state index contributed by atoms with van der Waals surface area (Å²) in [4.78, 5) is 0. The van der Waals surface area contributed by atoms with Gasteiger partial charge in [-0.05, 0) is 19.3 Å². The molecule has 2 rings (SSSR count). The van der Waals surface area contributed by atoms with E-state index in [1.54, 1.807) is 0 Å². The molecule has 0 saturated carbocycles. The normalized spacial score (nSPS) is 30.5. The molecule has 1 N–H and O–H groups in total. The molecule has 0 spiro atoms. The highest BCUT2D eigenvalue weighted by Gasteiger charge is 2.19. The Kier molecular flexibility index (Phi) is 2.98. The van der Waals surface area contributed by atoms with Crippen LogP contribution in [0.15, 0.2) is 0 Å². The van der Waals surface area contributed by atoms with Crippen LogP contribution in [-0.2, 0) is 9.47 Å². The second-order valence-corrected chi connectivity index (χ2v) is 3.57. The molecule has 0 aromatic rings. The third-order valence-corrected chi connectivity index (χ3v) is 2.56. The van der Waals surface area contributed by atoms with Gasteiger partial charge in [-0.15, -0.1) is 0 Å². The van der Waals surface area contributed by atoms with E-state index in [-0.39, 0.29) is 0 Å². The zero-order chi connectivity index (χ0) is 8.23. The number of ether oxygens (including phenoxy) is 2. The van der Waals surface area contributed by atoms with Crippen molar-refractivity contribution >= 4 is 0 Å². The quantitative estimate of drug-likeness (QED) is 0.670. The van der Waals surface area contributed by atoms with Crippen LogP contribution in [0, 0.1) is 0 Å². The zero-order valence-electron chi connectivity index (χ0n) is 7.42. The van der Waals surface area contributed by atoms with Gasteiger partial charge in [0.25, 0.3) is 0 Å². The summed E-state index contributed by atoms with van der Waals surface area (Å²) in [7, 11) is 0. The minimum absolute atomic E-state index is 0.478. The van der Waals surface area contributed by atoms with Crippen molar-refractivity contribution < 1.29 is 9.47 Å². The van der Waals surface area contributed by atoms with E-state index in [9.17, 15) is 0 Å². The van der Waals surface area contributed by atoms with Crippen LogP contribution in [0.1, 0.15) is 19.3 Å². The lowest BCUT2D eigenvalue weighted by atomic mass is 10.2. The van der Waals surface area contributed by atoms with Gasteiger partial charge in [0, 0.05) is 26.3 Å². The summed E-state index contributed by atoms with van der Waals surface area (Å²) in [6.07, 6.45) is 4.50. The van der Waals surface area contributed by atoms with E-state index in [0.717, 1.165) is 32.7 Å². The summed E-state index contributed by atoms with van der Waals surface area (Å²) < 4.78 is 11.1. The standard InChI is InChI=1S/C9H17NO2/c1-2-8(11-4-1)3-5-12-9-6-10-7-9/h8-10H,1-7H2. The Balaban J connectivity index is 1.49. The molecule has 0 bridgehead atoms. The molecule has 1 atom stereocenters. The smallest absolute Gasteiger partial charge is 0.0823 e. The summed E-state index contributed by atoms with van der Waals surface area (Å²) >= 11 is 0. The van der Waals surface area contributed by atoms with E-state index in [1.165, 1.54) is 12.8 Å². The van der Waals surface area contributed by atoms with Gasteiger partial charge < -0.3 is 14.8 Å². The van der Waals surface area contributed by atoms with Gasteiger partial charge in [-0.2, -0.15) is 0 Å². The molecule has 2 aliphatic heterocycles. The molecule has 2 heterocycles. The van der Waals surface area contributed by atoms with E-state index in [0.29, 0.717) is 12.2 Å². The van der Waals surface area contributed by atoms with Crippen LogP contribution in [0.2, 0.25) is 0 Å². The lowest BCUT2D eigenvalue weighted by molar-refractivity contribution is -0.00335. The molecule has 2 saturated heterocycles. The maximum atomic E-state index is 5.60. The number of rotatable bonds is 4. The molecule has 12 heavy (non-hydrogen) atoms. The lowest BCUT2D eigenvalue weighted by Crippen LogP contribution is -2.48. The number of hydrogen-bond acceptors (Lipinski definition) is 3. The van der Waals surface area contributed by atoms with Gasteiger partial charge in [0.15, 0.2) is 0 Å². The van der Waals surface area contributed by atoms with Gasteiger partial charge in [-0.25, -0.2) is 0 Å². The Hall–Kier alpha value is -0.120. The van der Waals surface area contributed by atoms with Crippen molar-refractivity contribution in [3.63, 3.8) is 0 Å². The third-order valence-electron chi connectivity index (χ3n) is 2.56. The van der Waals surface area contributed by atoms with Crippen LogP contribution in [-0.4, -0.2) is 38.5 Å². The Morgan fingerprint density at radius 1 is 1.42 bits per heavy atom. The van der Waals surface area contributed by atoms with Gasteiger partial charge >= 0.3 is 0 Å². The molecule has 3 nitrogen and oxygen atoms in total. The molecule has 0 amide bonds. The van der Waals surface area contributed by atoms with E-state index >= 15 is 0 Å². The summed E-state index contributed by atoms with van der Waals surface area (Å²) in [5.74, 6) is 0. The highest BCUT2D eigenvalue weighted by atomic mass is 16.5. The number of nitrogens with one attached hydrogen (secondary N) is 1. The maximum Gasteiger partial charge on any atom is 0.0823 e. The first-order valence-corrected chi connectivity index (χ1v) is 4.89. The fourth-order valence-electron chi connectivity index (χ4n) is 1.62. The van der Waals surface area contributed by atoms with E-state index in [1.807, 2.05) is 0 Å². The average Bonchev–Trinajstić information content (AvgIpc) is 2.46. The van der Waals surface area contributed by atoms with E-state index in [4.69, 9.17) is 9.47 Å². The zero-order valence-corrected chi connectivity index (χ0v) is 7.42. The first-order valence-electron chi connectivity index (χ1n) is 4.89. The van der Waals surface area contributed by atoms with Gasteiger partial charge in [0.2, 0.25) is 0 Å². The third kappa shape index (κ3) is 2.19. The predicted molar refractivity (Wildman–Crippen MR) is 46.2 cm³/mol. The first kappa shape index (κ1) is 8.48. The van der Waals surface area contributed by atoms with Crippen LogP contribution in [0.3, 0.4) is 0 Å². The van der Waals surface area contributed by atoms with Crippen LogP contribution in [0.4, 0.5) is 0 Å². The Morgan fingerprint density at radius 3 is 2.92 bits per heavy atom. The van der Waals surface area contributed by atoms with Gasteiger partial charge in [-0.1, -0.05) is 0 Å². The topological polar surface area (TPSA) is 30.5 Å². The highest BCUT2D eigenvalue weighted by Crippen LogP contribution is 2.15. The average molecular weight is 171 g/mol. The number of hydrogen-bond donors (Lipinski definition) is 1. The van der Waals surface area contributed by atoms with Gasteiger partial charge in [-0.3, -0.25) is 0 Å². The molecule has 70 valence electrons. The fourth-order valence-corrected chi connectivity index (χ4v) is 1.62. The summed E-state index contributed by atoms with van der Waals surface area (Å²) in [6.45, 7) is 3.89. The summed E-state index contributed by atoms with van der Waals surface area (Å²) in [5.41, 5.74) is 0. The molecule has 1 unspecified atom stereocenters. The monoisotopic (exact) mass is 171 g/mol. The largest absolute Gasteiger partial charge is 0.378 e. The summed E-state index contributed by atoms with van der Waals surface area (Å²) in [6, 6.07) is 0. The molecule has 0 aliphatic carbocycles. The Bertz CT molecular complexity index is 130. The van der Waals surface area contributed by atoms with Crippen LogP contribution >= 0.6 is 0 Å². The molecule has 2 fully saturated rings. The molecule has 0 radical (unpaired) electrons. The highest BCUT2D eigenvalue weighted by molar-refractivity contribution is 4.75. The van der Waals surface area contributed by atoms with E-state index < -0.39 is 0 Å². The summed E-state index contributed by atoms with van der Waals surface area (Å²) in [5, 5.41) is 3.18. The predicted octanol–water partition coefficient (Wildman–Crippen LogP) is 0.544. The van der Waals surface area contributed by atoms with Gasteiger partial charge in [0.1, 0.15) is 0 Å². The van der Waals surface area contributed by atoms with E-state index in [2.05, 4.69) is 5.32 Å². The minimum Gasteiger partial charge on any atom is -0.378 e. The molecular weight excluding hydrogens is 154 g/mol. The molecule has 3 heteroatoms. The van der Waals surface area contributed by atoms with Crippen molar-refractivity contribution in [1.29, 1.82) is 0 Å². The van der Waals surface area contributed by atoms with Crippen molar-refractivity contribution in [2.45, 2.75) is 31.5 Å². The molecule has 0 aromatic carbocycles. The van der Waals surface area contributed by atoms with Crippen LogP contribution < -0.4 is 5.32 Å². The first-order chi connectivity index (χ1) is 5.95. The second kappa shape index (κ2) is 4.21. The van der Waals surface area contributed by atoms with Crippen molar-refractivity contribution in [2.75, 3.05) is 26.3 Å². The van der Waals surface area contributed by atoms with Crippen LogP contribution in [0.5, 0.6) is 0 Å². The van der Waals surface area contributed by atoms with Crippen molar-refractivity contribution in [2.24, 2.45) is 0 Å². The van der Waals surface area contributed by atoms with Crippen molar-refractivity contribution in [3.05, 3.63) is 0 Å². The van der Waals surface area contributed by atoms with Crippen molar-refractivity contribution in [3.8, 4) is 0 Å².